The van der Waals surface area contributed by atoms with Gasteiger partial charge in [-0.15, -0.1) is 0 Å². The minimum Gasteiger partial charge on any atom is -0.465 e. The first-order valence-corrected chi connectivity index (χ1v) is 10.5. The Morgan fingerprint density at radius 3 is 2.11 bits per heavy atom. The molecule has 2 aliphatic rings. The van der Waals surface area contributed by atoms with Gasteiger partial charge in [-0.3, -0.25) is 4.79 Å². The fraction of sp³-hybridized carbons (Fsp3) is 0.636. The van der Waals surface area contributed by atoms with Crippen molar-refractivity contribution in [1.82, 2.24) is 0 Å². The van der Waals surface area contributed by atoms with Crippen molar-refractivity contribution in [3.05, 3.63) is 23.8 Å². The lowest BCUT2D eigenvalue weighted by molar-refractivity contribution is -0.145. The molecule has 0 amide bonds. The van der Waals surface area contributed by atoms with Crippen molar-refractivity contribution in [3.63, 3.8) is 0 Å². The van der Waals surface area contributed by atoms with Gasteiger partial charge in [0.1, 0.15) is 0 Å². The quantitative estimate of drug-likeness (QED) is 0.361. The lowest BCUT2D eigenvalue weighted by Gasteiger charge is -2.06. The van der Waals surface area contributed by atoms with Crippen LogP contribution in [0.25, 0.3) is 0 Å². The van der Waals surface area contributed by atoms with Gasteiger partial charge in [0.05, 0.1) is 24.7 Å². The van der Waals surface area contributed by atoms with E-state index in [4.69, 9.17) is 18.9 Å². The minimum absolute atomic E-state index is 0.000718. The number of hydrogen-bond acceptors (Lipinski definition) is 6. The van der Waals surface area contributed by atoms with E-state index < -0.39 is 0 Å². The third kappa shape index (κ3) is 6.73. The number of fused-ring (bicyclic) bond motifs is 1. The van der Waals surface area contributed by atoms with Crippen LogP contribution in [0.1, 0.15) is 74.6 Å². The predicted octanol–water partition coefficient (Wildman–Crippen LogP) is 4.65. The number of carbonyl (C=O) groups excluding carboxylic acids is 2. The number of benzene rings is 1. The zero-order valence-electron chi connectivity index (χ0n) is 16.5. The summed E-state index contributed by atoms with van der Waals surface area (Å²) in [6, 6.07) is 5.09. The van der Waals surface area contributed by atoms with Crippen molar-refractivity contribution < 1.29 is 28.5 Å². The van der Waals surface area contributed by atoms with Crippen molar-refractivity contribution in [2.45, 2.75) is 64.2 Å². The fourth-order valence-corrected chi connectivity index (χ4v) is 3.15. The monoisotopic (exact) mass is 390 g/mol. The van der Waals surface area contributed by atoms with Crippen LogP contribution in [-0.4, -0.2) is 31.9 Å². The van der Waals surface area contributed by atoms with Crippen molar-refractivity contribution in [1.29, 1.82) is 0 Å². The molecule has 1 aliphatic heterocycles. The Balaban J connectivity index is 1.12. The molecule has 6 nitrogen and oxygen atoms in total. The first kappa shape index (κ1) is 20.5. The average Bonchev–Trinajstić information content (AvgIpc) is 3.45. The molecule has 1 saturated carbocycles. The van der Waals surface area contributed by atoms with Crippen LogP contribution < -0.4 is 9.47 Å². The Labute approximate surface area is 166 Å². The van der Waals surface area contributed by atoms with Gasteiger partial charge < -0.3 is 18.9 Å². The molecule has 1 aromatic rings. The molecule has 6 heteroatoms. The summed E-state index contributed by atoms with van der Waals surface area (Å²) in [6.45, 7) is 1.21. The molecule has 0 aromatic heterocycles. The van der Waals surface area contributed by atoms with Crippen molar-refractivity contribution in [3.8, 4) is 11.5 Å². The highest BCUT2D eigenvalue weighted by atomic mass is 16.7. The number of rotatable bonds is 13. The highest BCUT2D eigenvalue weighted by Crippen LogP contribution is 2.32. The molecule has 0 atom stereocenters. The Kier molecular flexibility index (Phi) is 8.00. The highest BCUT2D eigenvalue weighted by Gasteiger charge is 2.30. The van der Waals surface area contributed by atoms with E-state index in [1.165, 1.54) is 19.3 Å². The van der Waals surface area contributed by atoms with Gasteiger partial charge in [-0.1, -0.05) is 38.5 Å². The van der Waals surface area contributed by atoms with Gasteiger partial charge in [-0.2, -0.15) is 0 Å². The standard InChI is InChI=1S/C22H30O6/c23-21(17-9-10-17)25-13-7-5-3-1-2-4-6-8-14-26-22(24)18-11-12-19-20(15-18)28-16-27-19/h11-12,15,17H,1-10,13-14,16H2. The second-order valence-electron chi connectivity index (χ2n) is 7.47. The van der Waals surface area contributed by atoms with Crippen LogP contribution >= 0.6 is 0 Å². The van der Waals surface area contributed by atoms with Gasteiger partial charge in [0.25, 0.3) is 0 Å². The molecule has 154 valence electrons. The predicted molar refractivity (Wildman–Crippen MR) is 103 cm³/mol. The van der Waals surface area contributed by atoms with Gasteiger partial charge in [0.2, 0.25) is 6.79 Å². The van der Waals surface area contributed by atoms with E-state index >= 15 is 0 Å². The fourth-order valence-electron chi connectivity index (χ4n) is 3.15. The lowest BCUT2D eigenvalue weighted by atomic mass is 10.1. The Morgan fingerprint density at radius 1 is 0.821 bits per heavy atom. The summed E-state index contributed by atoms with van der Waals surface area (Å²) >= 11 is 0. The van der Waals surface area contributed by atoms with Crippen molar-refractivity contribution >= 4 is 11.9 Å². The Bertz CT molecular complexity index is 652. The first-order chi connectivity index (χ1) is 13.7. The molecule has 0 N–H and O–H groups in total. The second kappa shape index (κ2) is 10.9. The summed E-state index contributed by atoms with van der Waals surface area (Å²) in [5, 5.41) is 0. The number of esters is 2. The number of unbranched alkanes of at least 4 members (excludes halogenated alkanes) is 7. The number of ether oxygens (including phenoxy) is 4. The van der Waals surface area contributed by atoms with E-state index in [1.54, 1.807) is 18.2 Å². The normalized spacial score (nSPS) is 14.7. The maximum atomic E-state index is 12.0. The maximum Gasteiger partial charge on any atom is 0.338 e. The summed E-state index contributed by atoms with van der Waals surface area (Å²) in [6.07, 6.45) is 10.8. The van der Waals surface area contributed by atoms with E-state index in [2.05, 4.69) is 0 Å². The summed E-state index contributed by atoms with van der Waals surface area (Å²) in [5.74, 6) is 1.14. The van der Waals surface area contributed by atoms with Gasteiger partial charge >= 0.3 is 11.9 Å². The molecule has 1 fully saturated rings. The smallest absolute Gasteiger partial charge is 0.338 e. The van der Waals surface area contributed by atoms with Crippen LogP contribution in [0.3, 0.4) is 0 Å². The molecule has 0 unspecified atom stereocenters. The van der Waals surface area contributed by atoms with Crippen LogP contribution in [0.15, 0.2) is 18.2 Å². The molecule has 0 saturated heterocycles. The van der Waals surface area contributed by atoms with Gasteiger partial charge in [0.15, 0.2) is 11.5 Å². The number of hydrogen-bond donors (Lipinski definition) is 0. The maximum absolute atomic E-state index is 12.0. The summed E-state index contributed by atoms with van der Waals surface area (Å²) in [4.78, 5) is 23.4. The molecular formula is C22H30O6. The summed E-state index contributed by atoms with van der Waals surface area (Å²) in [7, 11) is 0. The summed E-state index contributed by atoms with van der Waals surface area (Å²) < 4.78 is 21.0. The molecule has 0 bridgehead atoms. The average molecular weight is 390 g/mol. The minimum atomic E-state index is -0.319. The first-order valence-electron chi connectivity index (χ1n) is 10.5. The molecule has 1 aromatic carbocycles. The van der Waals surface area contributed by atoms with Gasteiger partial charge in [-0.05, 0) is 43.9 Å². The van der Waals surface area contributed by atoms with E-state index in [-0.39, 0.29) is 24.6 Å². The summed E-state index contributed by atoms with van der Waals surface area (Å²) in [5.41, 5.74) is 0.493. The van der Waals surface area contributed by atoms with E-state index in [1.807, 2.05) is 0 Å². The molecule has 28 heavy (non-hydrogen) atoms. The van der Waals surface area contributed by atoms with Gasteiger partial charge in [0, 0.05) is 0 Å². The largest absolute Gasteiger partial charge is 0.465 e. The Hall–Kier alpha value is -2.24. The lowest BCUT2D eigenvalue weighted by Crippen LogP contribution is -2.07. The molecule has 0 radical (unpaired) electrons. The van der Waals surface area contributed by atoms with Crippen LogP contribution in [0.2, 0.25) is 0 Å². The number of carbonyl (C=O) groups is 2. The third-order valence-electron chi connectivity index (χ3n) is 5.04. The van der Waals surface area contributed by atoms with Crippen LogP contribution in [-0.2, 0) is 14.3 Å². The zero-order chi connectivity index (χ0) is 19.6. The van der Waals surface area contributed by atoms with Crippen molar-refractivity contribution in [2.75, 3.05) is 20.0 Å². The third-order valence-corrected chi connectivity index (χ3v) is 5.04. The molecule has 3 rings (SSSR count). The van der Waals surface area contributed by atoms with Crippen LogP contribution in [0.4, 0.5) is 0 Å². The molecule has 1 heterocycles. The highest BCUT2D eigenvalue weighted by molar-refractivity contribution is 5.90. The van der Waals surface area contributed by atoms with Crippen molar-refractivity contribution in [2.24, 2.45) is 5.92 Å². The van der Waals surface area contributed by atoms with Crippen LogP contribution in [0, 0.1) is 5.92 Å². The van der Waals surface area contributed by atoms with E-state index in [9.17, 15) is 9.59 Å². The SMILES string of the molecule is O=C(OCCCCCCCCCCOC(=O)C1CC1)c1ccc2c(c1)OCO2. The second-order valence-corrected chi connectivity index (χ2v) is 7.47. The van der Waals surface area contributed by atoms with E-state index in [0.717, 1.165) is 44.9 Å². The zero-order valence-corrected chi connectivity index (χ0v) is 16.5. The molecule has 0 spiro atoms. The van der Waals surface area contributed by atoms with Crippen LogP contribution in [0.5, 0.6) is 11.5 Å². The van der Waals surface area contributed by atoms with E-state index in [0.29, 0.717) is 30.3 Å². The van der Waals surface area contributed by atoms with Gasteiger partial charge in [-0.25, -0.2) is 4.79 Å². The molecule has 1 aliphatic carbocycles. The topological polar surface area (TPSA) is 71.1 Å². The Morgan fingerprint density at radius 2 is 1.43 bits per heavy atom. The molecular weight excluding hydrogens is 360 g/mol.